The normalized spacial score (nSPS) is 26.2. The number of nitro benzene ring substituents is 1. The van der Waals surface area contributed by atoms with Crippen LogP contribution in [-0.4, -0.2) is 17.5 Å². The molecule has 3 rings (SSSR count). The van der Waals surface area contributed by atoms with Gasteiger partial charge in [-0.15, -0.1) is 0 Å². The van der Waals surface area contributed by atoms with E-state index >= 15 is 0 Å². The van der Waals surface area contributed by atoms with Crippen LogP contribution in [0.5, 0.6) is 0 Å². The van der Waals surface area contributed by atoms with Crippen molar-refractivity contribution in [2.45, 2.75) is 38.1 Å². The van der Waals surface area contributed by atoms with E-state index in [0.29, 0.717) is 6.04 Å². The van der Waals surface area contributed by atoms with Gasteiger partial charge >= 0.3 is 0 Å². The van der Waals surface area contributed by atoms with Gasteiger partial charge in [-0.05, 0) is 43.7 Å². The lowest BCUT2D eigenvalue weighted by atomic mass is 9.91. The summed E-state index contributed by atoms with van der Waals surface area (Å²) in [7, 11) is 0. The first-order valence-corrected chi connectivity index (χ1v) is 6.97. The van der Waals surface area contributed by atoms with Crippen LogP contribution in [0, 0.1) is 16.0 Å². The monoisotopic (exact) mass is 261 g/mol. The first-order valence-electron chi connectivity index (χ1n) is 6.97. The molecule has 1 aromatic carbocycles. The van der Waals surface area contributed by atoms with Gasteiger partial charge in [-0.1, -0.05) is 6.42 Å². The molecule has 1 saturated carbocycles. The van der Waals surface area contributed by atoms with Crippen molar-refractivity contribution in [2.24, 2.45) is 5.92 Å². The van der Waals surface area contributed by atoms with E-state index in [1.807, 2.05) is 6.07 Å². The fourth-order valence-electron chi connectivity index (χ4n) is 3.66. The number of fused-ring (bicyclic) bond motifs is 1. The Balaban J connectivity index is 1.89. The molecule has 1 saturated heterocycles. The number of piperidine rings is 1. The van der Waals surface area contributed by atoms with Crippen LogP contribution < -0.4 is 10.6 Å². The number of hydrogen-bond acceptors (Lipinski definition) is 4. The van der Waals surface area contributed by atoms with Gasteiger partial charge in [0.15, 0.2) is 0 Å². The van der Waals surface area contributed by atoms with Gasteiger partial charge in [0.2, 0.25) is 0 Å². The lowest BCUT2D eigenvalue weighted by Crippen LogP contribution is -2.42. The lowest BCUT2D eigenvalue weighted by Gasteiger charge is -2.39. The Hall–Kier alpha value is -1.78. The summed E-state index contributed by atoms with van der Waals surface area (Å²) in [5, 5.41) is 10.8. The molecule has 0 amide bonds. The summed E-state index contributed by atoms with van der Waals surface area (Å²) in [6.45, 7) is 1.04. The summed E-state index contributed by atoms with van der Waals surface area (Å²) < 4.78 is 0. The minimum absolute atomic E-state index is 0.00345. The zero-order valence-corrected chi connectivity index (χ0v) is 10.9. The predicted octanol–water partition coefficient (Wildman–Crippen LogP) is 2.95. The van der Waals surface area contributed by atoms with Gasteiger partial charge in [-0.3, -0.25) is 10.1 Å². The first kappa shape index (κ1) is 12.3. The molecule has 0 spiro atoms. The zero-order chi connectivity index (χ0) is 13.4. The minimum atomic E-state index is -0.423. The Morgan fingerprint density at radius 2 is 2.05 bits per heavy atom. The molecule has 19 heavy (non-hydrogen) atoms. The van der Waals surface area contributed by atoms with Crippen molar-refractivity contribution in [3.05, 3.63) is 28.3 Å². The van der Waals surface area contributed by atoms with Crippen LogP contribution in [0.3, 0.4) is 0 Å². The lowest BCUT2D eigenvalue weighted by molar-refractivity contribution is -0.383. The number of benzene rings is 1. The third-order valence-corrected chi connectivity index (χ3v) is 4.53. The molecule has 0 aromatic heterocycles. The van der Waals surface area contributed by atoms with E-state index < -0.39 is 4.92 Å². The molecule has 1 heterocycles. The van der Waals surface area contributed by atoms with Crippen molar-refractivity contribution >= 4 is 17.1 Å². The van der Waals surface area contributed by atoms with Crippen LogP contribution >= 0.6 is 0 Å². The molecule has 2 N–H and O–H groups in total. The molecule has 0 bridgehead atoms. The third-order valence-electron chi connectivity index (χ3n) is 4.53. The maximum Gasteiger partial charge on any atom is 0.292 e. The Bertz CT molecular complexity index is 503. The maximum absolute atomic E-state index is 10.8. The summed E-state index contributed by atoms with van der Waals surface area (Å²) >= 11 is 0. The Morgan fingerprint density at radius 1 is 1.26 bits per heavy atom. The highest BCUT2D eigenvalue weighted by atomic mass is 16.6. The smallest absolute Gasteiger partial charge is 0.292 e. The molecule has 5 heteroatoms. The zero-order valence-electron chi connectivity index (χ0n) is 10.9. The second-order valence-electron chi connectivity index (χ2n) is 5.59. The van der Waals surface area contributed by atoms with Crippen molar-refractivity contribution in [3.63, 3.8) is 0 Å². The standard InChI is InChI=1S/C14H19N3O2/c15-12-9-11(6-7-14(12)17(18)19)16-8-2-4-10-3-1-5-13(10)16/h6-7,9-10,13H,1-5,8,15H2. The van der Waals surface area contributed by atoms with Crippen molar-refractivity contribution in [3.8, 4) is 0 Å². The van der Waals surface area contributed by atoms with Gasteiger partial charge in [0.25, 0.3) is 5.69 Å². The molecule has 2 atom stereocenters. The van der Waals surface area contributed by atoms with E-state index in [2.05, 4.69) is 4.90 Å². The summed E-state index contributed by atoms with van der Waals surface area (Å²) in [6.07, 6.45) is 6.39. The number of hydrogen-bond donors (Lipinski definition) is 1. The topological polar surface area (TPSA) is 72.4 Å². The molecule has 0 radical (unpaired) electrons. The van der Waals surface area contributed by atoms with Gasteiger partial charge < -0.3 is 10.6 Å². The number of anilines is 2. The molecule has 1 aliphatic carbocycles. The summed E-state index contributed by atoms with van der Waals surface area (Å²) in [5.41, 5.74) is 7.11. The second-order valence-corrected chi connectivity index (χ2v) is 5.59. The quantitative estimate of drug-likeness (QED) is 0.504. The van der Waals surface area contributed by atoms with Crippen molar-refractivity contribution in [2.75, 3.05) is 17.2 Å². The molecule has 2 unspecified atom stereocenters. The SMILES string of the molecule is Nc1cc(N2CCCC3CCCC32)ccc1[N+](=O)[O-]. The highest BCUT2D eigenvalue weighted by Gasteiger charge is 2.35. The average molecular weight is 261 g/mol. The van der Waals surface area contributed by atoms with E-state index in [-0.39, 0.29) is 11.4 Å². The van der Waals surface area contributed by atoms with Crippen LogP contribution in [0.4, 0.5) is 17.1 Å². The molecule has 1 aromatic rings. The highest BCUT2D eigenvalue weighted by Crippen LogP contribution is 2.40. The fraction of sp³-hybridized carbons (Fsp3) is 0.571. The number of rotatable bonds is 2. The number of nitrogens with two attached hydrogens (primary N) is 1. The van der Waals surface area contributed by atoms with Gasteiger partial charge in [0.05, 0.1) is 4.92 Å². The summed E-state index contributed by atoms with van der Waals surface area (Å²) in [6, 6.07) is 5.74. The molecule has 1 aliphatic heterocycles. The van der Waals surface area contributed by atoms with Gasteiger partial charge in [-0.2, -0.15) is 0 Å². The van der Waals surface area contributed by atoms with Gasteiger partial charge in [0.1, 0.15) is 5.69 Å². The maximum atomic E-state index is 10.8. The third kappa shape index (κ3) is 2.13. The van der Waals surface area contributed by atoms with Crippen molar-refractivity contribution < 1.29 is 4.92 Å². The van der Waals surface area contributed by atoms with Crippen LogP contribution in [0.1, 0.15) is 32.1 Å². The minimum Gasteiger partial charge on any atom is -0.393 e. The van der Waals surface area contributed by atoms with E-state index in [9.17, 15) is 10.1 Å². The molecular weight excluding hydrogens is 242 g/mol. The largest absolute Gasteiger partial charge is 0.393 e. The molecule has 2 aliphatic rings. The highest BCUT2D eigenvalue weighted by molar-refractivity contribution is 5.67. The Kier molecular flexibility index (Phi) is 3.05. The molecule has 102 valence electrons. The predicted molar refractivity (Wildman–Crippen MR) is 75.2 cm³/mol. The summed E-state index contributed by atoms with van der Waals surface area (Å²) in [5.74, 6) is 0.796. The van der Waals surface area contributed by atoms with E-state index in [1.165, 1.54) is 38.2 Å². The van der Waals surface area contributed by atoms with Crippen LogP contribution in [0.25, 0.3) is 0 Å². The van der Waals surface area contributed by atoms with E-state index in [4.69, 9.17) is 5.73 Å². The number of nitrogen functional groups attached to an aromatic ring is 1. The van der Waals surface area contributed by atoms with Crippen LogP contribution in [0.15, 0.2) is 18.2 Å². The van der Waals surface area contributed by atoms with Crippen molar-refractivity contribution in [1.82, 2.24) is 0 Å². The van der Waals surface area contributed by atoms with Gasteiger partial charge in [-0.25, -0.2) is 0 Å². The van der Waals surface area contributed by atoms with E-state index in [1.54, 1.807) is 6.07 Å². The average Bonchev–Trinajstić information content (AvgIpc) is 2.86. The molecular formula is C14H19N3O2. The number of nitrogens with zero attached hydrogens (tertiary/aromatic N) is 2. The van der Waals surface area contributed by atoms with Crippen LogP contribution in [-0.2, 0) is 0 Å². The van der Waals surface area contributed by atoms with Gasteiger partial charge in [0, 0.05) is 24.3 Å². The number of nitro groups is 1. The van der Waals surface area contributed by atoms with Crippen LogP contribution in [0.2, 0.25) is 0 Å². The fourth-order valence-corrected chi connectivity index (χ4v) is 3.66. The summed E-state index contributed by atoms with van der Waals surface area (Å²) in [4.78, 5) is 12.8. The Labute approximate surface area is 112 Å². The molecule has 5 nitrogen and oxygen atoms in total. The Morgan fingerprint density at radius 3 is 2.79 bits per heavy atom. The second kappa shape index (κ2) is 4.72. The van der Waals surface area contributed by atoms with Crippen molar-refractivity contribution in [1.29, 1.82) is 0 Å². The van der Waals surface area contributed by atoms with E-state index in [0.717, 1.165) is 18.2 Å². The molecule has 2 fully saturated rings. The first-order chi connectivity index (χ1) is 9.16.